The molecule has 0 amide bonds. The van der Waals surface area contributed by atoms with Crippen molar-refractivity contribution < 1.29 is 8.42 Å². The lowest BCUT2D eigenvalue weighted by molar-refractivity contribution is 0.584. The van der Waals surface area contributed by atoms with E-state index in [4.69, 9.17) is 5.73 Å². The summed E-state index contributed by atoms with van der Waals surface area (Å²) < 4.78 is 26.8. The molecule has 0 saturated heterocycles. The molecule has 1 fully saturated rings. The molecule has 4 N–H and O–H groups in total. The number of benzene rings is 1. The van der Waals surface area contributed by atoms with E-state index in [0.717, 1.165) is 19.3 Å². The predicted molar refractivity (Wildman–Crippen MR) is 76.5 cm³/mol. The number of para-hydroxylation sites is 1. The van der Waals surface area contributed by atoms with Gasteiger partial charge < -0.3 is 11.1 Å². The Bertz CT molecular complexity index is 530. The molecule has 2 unspecified atom stereocenters. The van der Waals surface area contributed by atoms with Gasteiger partial charge in [0.05, 0.1) is 5.69 Å². The molecule has 0 aromatic heterocycles. The van der Waals surface area contributed by atoms with Crippen molar-refractivity contribution in [2.45, 2.75) is 43.2 Å². The van der Waals surface area contributed by atoms with Gasteiger partial charge in [-0.05, 0) is 31.4 Å². The van der Waals surface area contributed by atoms with Crippen LogP contribution in [0.25, 0.3) is 0 Å². The molecule has 1 aliphatic carbocycles. The minimum absolute atomic E-state index is 0.218. The van der Waals surface area contributed by atoms with Crippen LogP contribution in [0.5, 0.6) is 0 Å². The number of nitrogens with two attached hydrogens (primary N) is 1. The summed E-state index contributed by atoms with van der Waals surface area (Å²) in [5.41, 5.74) is 6.53. The third-order valence-electron chi connectivity index (χ3n) is 3.34. The summed E-state index contributed by atoms with van der Waals surface area (Å²) in [6, 6.07) is 7.46. The van der Waals surface area contributed by atoms with Crippen LogP contribution in [0.2, 0.25) is 0 Å². The fourth-order valence-corrected chi connectivity index (χ4v) is 3.67. The Morgan fingerprint density at radius 1 is 1.32 bits per heavy atom. The van der Waals surface area contributed by atoms with Crippen LogP contribution in [-0.4, -0.2) is 27.0 Å². The van der Waals surface area contributed by atoms with Crippen LogP contribution in [0.4, 0.5) is 5.69 Å². The van der Waals surface area contributed by atoms with E-state index in [-0.39, 0.29) is 12.1 Å². The summed E-state index contributed by atoms with van der Waals surface area (Å²) in [6.07, 6.45) is 2.85. The van der Waals surface area contributed by atoms with Crippen molar-refractivity contribution in [1.29, 1.82) is 0 Å². The van der Waals surface area contributed by atoms with E-state index in [0.29, 0.717) is 17.1 Å². The molecule has 19 heavy (non-hydrogen) atoms. The van der Waals surface area contributed by atoms with Crippen molar-refractivity contribution in [3.8, 4) is 0 Å². The molecule has 2 atom stereocenters. The van der Waals surface area contributed by atoms with Crippen molar-refractivity contribution in [1.82, 2.24) is 4.72 Å². The Morgan fingerprint density at radius 3 is 2.68 bits per heavy atom. The third kappa shape index (κ3) is 3.46. The smallest absolute Gasteiger partial charge is 0.242 e. The number of rotatable bonds is 5. The van der Waals surface area contributed by atoms with Crippen molar-refractivity contribution >= 4 is 15.7 Å². The first kappa shape index (κ1) is 14.3. The molecular weight excluding hydrogens is 262 g/mol. The van der Waals surface area contributed by atoms with E-state index in [1.54, 1.807) is 25.1 Å². The first-order valence-corrected chi connectivity index (χ1v) is 8.12. The number of anilines is 1. The zero-order chi connectivity index (χ0) is 13.9. The second-order valence-electron chi connectivity index (χ2n) is 4.91. The Kier molecular flexibility index (Phi) is 4.44. The summed E-state index contributed by atoms with van der Waals surface area (Å²) in [5.74, 6) is 0. The van der Waals surface area contributed by atoms with Crippen LogP contribution < -0.4 is 15.8 Å². The van der Waals surface area contributed by atoms with Gasteiger partial charge in [0.2, 0.25) is 10.0 Å². The van der Waals surface area contributed by atoms with Gasteiger partial charge in [-0.25, -0.2) is 13.1 Å². The highest BCUT2D eigenvalue weighted by atomic mass is 32.2. The molecule has 0 heterocycles. The first-order chi connectivity index (χ1) is 9.03. The lowest BCUT2D eigenvalue weighted by Crippen LogP contribution is -2.26. The SMILES string of the molecule is CCNS(=O)(=O)c1ccccc1NC1CCC(N)C1. The largest absolute Gasteiger partial charge is 0.381 e. The Labute approximate surface area is 114 Å². The van der Waals surface area contributed by atoms with Crippen molar-refractivity contribution in [2.75, 3.05) is 11.9 Å². The standard InChI is InChI=1S/C13H21N3O2S/c1-2-15-19(17,18)13-6-4-3-5-12(13)16-11-8-7-10(14)9-11/h3-6,10-11,15-16H,2,7-9,14H2,1H3. The molecule has 1 aromatic rings. The molecule has 0 bridgehead atoms. The molecule has 0 aliphatic heterocycles. The summed E-state index contributed by atoms with van der Waals surface area (Å²) >= 11 is 0. The zero-order valence-electron chi connectivity index (χ0n) is 11.1. The molecule has 106 valence electrons. The number of hydrogen-bond donors (Lipinski definition) is 3. The molecule has 2 rings (SSSR count). The van der Waals surface area contributed by atoms with Crippen LogP contribution >= 0.6 is 0 Å². The lowest BCUT2D eigenvalue weighted by atomic mass is 10.2. The minimum Gasteiger partial charge on any atom is -0.381 e. The Hall–Kier alpha value is -1.11. The van der Waals surface area contributed by atoms with Gasteiger partial charge in [0, 0.05) is 18.6 Å². The fraction of sp³-hybridized carbons (Fsp3) is 0.538. The highest BCUT2D eigenvalue weighted by Gasteiger charge is 2.24. The van der Waals surface area contributed by atoms with Crippen LogP contribution in [0.3, 0.4) is 0 Å². The average Bonchev–Trinajstić information content (AvgIpc) is 2.75. The van der Waals surface area contributed by atoms with Crippen LogP contribution in [0.15, 0.2) is 29.2 Å². The van der Waals surface area contributed by atoms with Crippen molar-refractivity contribution in [3.05, 3.63) is 24.3 Å². The normalized spacial score (nSPS) is 23.5. The van der Waals surface area contributed by atoms with Gasteiger partial charge in [-0.2, -0.15) is 0 Å². The van der Waals surface area contributed by atoms with E-state index in [1.165, 1.54) is 0 Å². The molecule has 0 spiro atoms. The van der Waals surface area contributed by atoms with E-state index in [1.807, 2.05) is 6.07 Å². The van der Waals surface area contributed by atoms with Crippen LogP contribution in [0, 0.1) is 0 Å². The Balaban J connectivity index is 2.21. The van der Waals surface area contributed by atoms with E-state index in [2.05, 4.69) is 10.0 Å². The topological polar surface area (TPSA) is 84.2 Å². The van der Waals surface area contributed by atoms with Gasteiger partial charge in [-0.1, -0.05) is 19.1 Å². The number of hydrogen-bond acceptors (Lipinski definition) is 4. The lowest BCUT2D eigenvalue weighted by Gasteiger charge is -2.17. The Morgan fingerprint density at radius 2 is 2.05 bits per heavy atom. The second kappa shape index (κ2) is 5.90. The second-order valence-corrected chi connectivity index (χ2v) is 6.65. The highest BCUT2D eigenvalue weighted by molar-refractivity contribution is 7.89. The number of sulfonamides is 1. The zero-order valence-corrected chi connectivity index (χ0v) is 11.9. The van der Waals surface area contributed by atoms with Crippen molar-refractivity contribution in [3.63, 3.8) is 0 Å². The molecule has 1 aromatic carbocycles. The molecule has 6 heteroatoms. The van der Waals surface area contributed by atoms with E-state index in [9.17, 15) is 8.42 Å². The number of nitrogens with one attached hydrogen (secondary N) is 2. The van der Waals surface area contributed by atoms with Gasteiger partial charge in [-0.3, -0.25) is 0 Å². The maximum atomic E-state index is 12.1. The predicted octanol–water partition coefficient (Wildman–Crippen LogP) is 1.28. The summed E-state index contributed by atoms with van der Waals surface area (Å²) in [6.45, 7) is 2.15. The molecule has 1 saturated carbocycles. The van der Waals surface area contributed by atoms with Crippen LogP contribution in [-0.2, 0) is 10.0 Å². The third-order valence-corrected chi connectivity index (χ3v) is 4.95. The quantitative estimate of drug-likeness (QED) is 0.760. The minimum atomic E-state index is -3.44. The maximum absolute atomic E-state index is 12.1. The van der Waals surface area contributed by atoms with E-state index < -0.39 is 10.0 Å². The molecule has 5 nitrogen and oxygen atoms in total. The van der Waals surface area contributed by atoms with E-state index >= 15 is 0 Å². The maximum Gasteiger partial charge on any atom is 0.242 e. The first-order valence-electron chi connectivity index (χ1n) is 6.63. The average molecular weight is 283 g/mol. The molecular formula is C13H21N3O2S. The monoisotopic (exact) mass is 283 g/mol. The van der Waals surface area contributed by atoms with Gasteiger partial charge in [0.15, 0.2) is 0 Å². The van der Waals surface area contributed by atoms with Gasteiger partial charge in [0.25, 0.3) is 0 Å². The summed E-state index contributed by atoms with van der Waals surface area (Å²) in [5, 5.41) is 3.31. The molecule has 1 aliphatic rings. The van der Waals surface area contributed by atoms with Crippen LogP contribution in [0.1, 0.15) is 26.2 Å². The summed E-state index contributed by atoms with van der Waals surface area (Å²) in [4.78, 5) is 0.303. The van der Waals surface area contributed by atoms with Gasteiger partial charge >= 0.3 is 0 Å². The van der Waals surface area contributed by atoms with Crippen molar-refractivity contribution in [2.24, 2.45) is 5.73 Å². The highest BCUT2D eigenvalue weighted by Crippen LogP contribution is 2.26. The summed E-state index contributed by atoms with van der Waals surface area (Å²) in [7, 11) is -3.44. The van der Waals surface area contributed by atoms with Gasteiger partial charge in [-0.15, -0.1) is 0 Å². The molecule has 0 radical (unpaired) electrons. The van der Waals surface area contributed by atoms with Gasteiger partial charge in [0.1, 0.15) is 4.90 Å². The fourth-order valence-electron chi connectivity index (χ4n) is 2.46.